The molecule has 1 heterocycles. The van der Waals surface area contributed by atoms with Crippen molar-refractivity contribution in [3.63, 3.8) is 0 Å². The maximum atomic E-state index is 13.1. The van der Waals surface area contributed by atoms with Crippen LogP contribution in [0.2, 0.25) is 0 Å². The molecule has 0 spiro atoms. The van der Waals surface area contributed by atoms with Crippen molar-refractivity contribution in [1.29, 1.82) is 0 Å². The van der Waals surface area contributed by atoms with Crippen LogP contribution in [0.5, 0.6) is 0 Å². The van der Waals surface area contributed by atoms with E-state index in [0.29, 0.717) is 6.54 Å². The standard InChI is InChI=1S/C17H29F3N4O3S/c1-15(2,3)28(25,26)21-10-11-6-8-12(9-7-11)22-14-23-13(24-27-14)16(4,5)17(18,19)20/h11-12,21H,6-10H2,1-5H3,(H,22,23,24)/t11-,12-. The molecular formula is C17H29F3N4O3S. The first-order chi connectivity index (χ1) is 12.6. The summed E-state index contributed by atoms with van der Waals surface area (Å²) in [5.74, 6) is -0.189. The minimum absolute atomic E-state index is 0.00206. The summed E-state index contributed by atoms with van der Waals surface area (Å²) in [6.45, 7) is 7.34. The average Bonchev–Trinajstić information content (AvgIpc) is 3.01. The van der Waals surface area contributed by atoms with Crippen molar-refractivity contribution in [2.24, 2.45) is 5.92 Å². The van der Waals surface area contributed by atoms with Crippen LogP contribution in [0.1, 0.15) is 66.1 Å². The van der Waals surface area contributed by atoms with Gasteiger partial charge in [0.05, 0.1) is 4.75 Å². The van der Waals surface area contributed by atoms with Crippen molar-refractivity contribution in [2.45, 2.75) is 82.7 Å². The third-order valence-corrected chi connectivity index (χ3v) is 7.40. The van der Waals surface area contributed by atoms with E-state index in [1.54, 1.807) is 20.8 Å². The summed E-state index contributed by atoms with van der Waals surface area (Å²) in [5.41, 5.74) is -2.20. The van der Waals surface area contributed by atoms with Gasteiger partial charge in [0, 0.05) is 12.6 Å². The third-order valence-electron chi connectivity index (χ3n) is 5.24. The number of halogens is 3. The van der Waals surface area contributed by atoms with Gasteiger partial charge < -0.3 is 9.84 Å². The molecule has 2 N–H and O–H groups in total. The molecule has 11 heteroatoms. The Hall–Kier alpha value is -1.36. The number of aromatic nitrogens is 2. The van der Waals surface area contributed by atoms with Gasteiger partial charge >= 0.3 is 12.2 Å². The van der Waals surface area contributed by atoms with Crippen molar-refractivity contribution in [3.8, 4) is 0 Å². The van der Waals surface area contributed by atoms with Crippen LogP contribution >= 0.6 is 0 Å². The number of hydrogen-bond acceptors (Lipinski definition) is 6. The zero-order valence-electron chi connectivity index (χ0n) is 16.9. The smallest absolute Gasteiger partial charge is 0.335 e. The monoisotopic (exact) mass is 426 g/mol. The van der Waals surface area contributed by atoms with Gasteiger partial charge in [-0.3, -0.25) is 0 Å². The van der Waals surface area contributed by atoms with Gasteiger partial charge in [-0.15, -0.1) is 0 Å². The zero-order chi connectivity index (χ0) is 21.4. The van der Waals surface area contributed by atoms with E-state index in [1.165, 1.54) is 0 Å². The van der Waals surface area contributed by atoms with Crippen molar-refractivity contribution < 1.29 is 26.1 Å². The topological polar surface area (TPSA) is 97.1 Å². The maximum absolute atomic E-state index is 13.1. The summed E-state index contributed by atoms with van der Waals surface area (Å²) >= 11 is 0. The van der Waals surface area contributed by atoms with E-state index in [0.717, 1.165) is 39.5 Å². The Bertz CT molecular complexity index is 761. The molecule has 1 aromatic rings. The first kappa shape index (κ1) is 22.9. The van der Waals surface area contributed by atoms with Gasteiger partial charge in [0.15, 0.2) is 5.82 Å². The molecule has 1 aromatic heterocycles. The molecule has 2 rings (SSSR count). The Morgan fingerprint density at radius 3 is 2.14 bits per heavy atom. The van der Waals surface area contributed by atoms with Gasteiger partial charge in [-0.25, -0.2) is 13.1 Å². The van der Waals surface area contributed by atoms with E-state index in [9.17, 15) is 21.6 Å². The second-order valence-electron chi connectivity index (χ2n) is 8.87. The molecule has 0 unspecified atom stereocenters. The fourth-order valence-electron chi connectivity index (χ4n) is 2.79. The van der Waals surface area contributed by atoms with Gasteiger partial charge in [0.2, 0.25) is 10.0 Å². The third kappa shape index (κ3) is 5.16. The van der Waals surface area contributed by atoms with Crippen LogP contribution in [0.4, 0.5) is 19.2 Å². The molecule has 0 atom stereocenters. The summed E-state index contributed by atoms with van der Waals surface area (Å²) in [6.07, 6.45) is -1.42. The second kappa shape index (κ2) is 7.81. The van der Waals surface area contributed by atoms with Crippen molar-refractivity contribution in [3.05, 3.63) is 5.82 Å². The lowest BCUT2D eigenvalue weighted by atomic mass is 9.86. The molecule has 162 valence electrons. The first-order valence-corrected chi connectivity index (χ1v) is 10.8. The normalized spacial score (nSPS) is 22.3. The highest BCUT2D eigenvalue weighted by Crippen LogP contribution is 2.39. The van der Waals surface area contributed by atoms with Crippen LogP contribution in [-0.4, -0.2) is 42.1 Å². The minimum atomic E-state index is -4.48. The summed E-state index contributed by atoms with van der Waals surface area (Å²) in [7, 11) is -3.37. The highest BCUT2D eigenvalue weighted by molar-refractivity contribution is 7.90. The van der Waals surface area contributed by atoms with Crippen LogP contribution in [0, 0.1) is 5.92 Å². The first-order valence-electron chi connectivity index (χ1n) is 9.30. The van der Waals surface area contributed by atoms with E-state index in [2.05, 4.69) is 20.2 Å². The molecule has 0 bridgehead atoms. The number of rotatable bonds is 6. The molecule has 1 fully saturated rings. The van der Waals surface area contributed by atoms with Crippen molar-refractivity contribution in [1.82, 2.24) is 14.9 Å². The molecule has 1 aliphatic rings. The Labute approximate surface area is 163 Å². The highest BCUT2D eigenvalue weighted by Gasteiger charge is 2.52. The number of nitrogens with one attached hydrogen (secondary N) is 2. The van der Waals surface area contributed by atoms with E-state index >= 15 is 0 Å². The average molecular weight is 427 g/mol. The number of nitrogens with zero attached hydrogens (tertiary/aromatic N) is 2. The number of alkyl halides is 3. The lowest BCUT2D eigenvalue weighted by Crippen LogP contribution is -2.42. The predicted molar refractivity (Wildman–Crippen MR) is 99.4 cm³/mol. The van der Waals surface area contributed by atoms with E-state index in [4.69, 9.17) is 4.52 Å². The lowest BCUT2D eigenvalue weighted by Gasteiger charge is -2.29. The largest absolute Gasteiger partial charge is 0.401 e. The molecule has 28 heavy (non-hydrogen) atoms. The summed E-state index contributed by atoms with van der Waals surface area (Å²) in [5, 5.41) is 6.46. The van der Waals surface area contributed by atoms with E-state index in [-0.39, 0.29) is 18.0 Å². The van der Waals surface area contributed by atoms with Crippen LogP contribution in [-0.2, 0) is 15.4 Å². The summed E-state index contributed by atoms with van der Waals surface area (Å²) in [4.78, 5) is 3.86. The lowest BCUT2D eigenvalue weighted by molar-refractivity contribution is -0.182. The fraction of sp³-hybridized carbons (Fsp3) is 0.882. The van der Waals surface area contributed by atoms with Gasteiger partial charge in [0.25, 0.3) is 0 Å². The molecule has 0 aliphatic heterocycles. The number of hydrogen-bond donors (Lipinski definition) is 2. The Morgan fingerprint density at radius 1 is 1.07 bits per heavy atom. The number of anilines is 1. The quantitative estimate of drug-likeness (QED) is 0.721. The SMILES string of the molecule is CC(C)(c1noc(N[C@H]2CC[C@H](CNS(=O)(=O)C(C)(C)C)CC2)n1)C(F)(F)F. The van der Waals surface area contributed by atoms with Gasteiger partial charge in [-0.1, -0.05) is 5.16 Å². The van der Waals surface area contributed by atoms with Crippen LogP contribution < -0.4 is 10.0 Å². The van der Waals surface area contributed by atoms with E-state index in [1.807, 2.05) is 0 Å². The predicted octanol–water partition coefficient (Wildman–Crippen LogP) is 3.60. The molecule has 0 radical (unpaired) electrons. The fourth-order valence-corrected chi connectivity index (χ4v) is 3.68. The van der Waals surface area contributed by atoms with E-state index < -0.39 is 32.2 Å². The Balaban J connectivity index is 1.85. The van der Waals surface area contributed by atoms with Crippen molar-refractivity contribution in [2.75, 3.05) is 11.9 Å². The van der Waals surface area contributed by atoms with Gasteiger partial charge in [-0.05, 0) is 66.2 Å². The molecule has 0 saturated heterocycles. The highest BCUT2D eigenvalue weighted by atomic mass is 32.2. The summed E-state index contributed by atoms with van der Waals surface area (Å²) in [6, 6.07) is -0.0259. The van der Waals surface area contributed by atoms with Gasteiger partial charge in [-0.2, -0.15) is 18.2 Å². The van der Waals surface area contributed by atoms with Gasteiger partial charge in [0.1, 0.15) is 5.41 Å². The molecular weight excluding hydrogens is 397 g/mol. The molecule has 1 aliphatic carbocycles. The maximum Gasteiger partial charge on any atom is 0.401 e. The molecule has 7 nitrogen and oxygen atoms in total. The zero-order valence-corrected chi connectivity index (χ0v) is 17.7. The van der Waals surface area contributed by atoms with Crippen LogP contribution in [0.3, 0.4) is 0 Å². The minimum Gasteiger partial charge on any atom is -0.335 e. The number of sulfonamides is 1. The molecule has 1 saturated carbocycles. The van der Waals surface area contributed by atoms with Crippen molar-refractivity contribution >= 4 is 16.0 Å². The Kier molecular flexibility index (Phi) is 6.40. The Morgan fingerprint density at radius 2 is 1.64 bits per heavy atom. The molecule has 0 amide bonds. The second-order valence-corrected chi connectivity index (χ2v) is 11.4. The van der Waals surface area contributed by atoms with Crippen LogP contribution in [0.25, 0.3) is 0 Å². The summed E-state index contributed by atoms with van der Waals surface area (Å²) < 4.78 is 70.2. The molecule has 0 aromatic carbocycles. The van der Waals surface area contributed by atoms with Crippen LogP contribution in [0.15, 0.2) is 4.52 Å².